The molecule has 0 bridgehead atoms. The van der Waals surface area contributed by atoms with Crippen molar-refractivity contribution in [1.82, 2.24) is 4.57 Å². The van der Waals surface area contributed by atoms with Crippen LogP contribution in [0.15, 0.2) is 112 Å². The molecule has 3 nitrogen and oxygen atoms in total. The molecular weight excluding hydrogens is 490 g/mol. The van der Waals surface area contributed by atoms with E-state index in [0.717, 1.165) is 55.6 Å². The molecule has 0 unspecified atom stereocenters. The molecule has 40 heavy (non-hydrogen) atoms. The molecule has 3 heterocycles. The topological polar surface area (TPSA) is 31.2 Å². The van der Waals surface area contributed by atoms with Crippen LogP contribution in [0.2, 0.25) is 0 Å². The average molecular weight is 514 g/mol. The van der Waals surface area contributed by atoms with Gasteiger partial charge in [-0.05, 0) is 65.6 Å². The number of hydrogen-bond acceptors (Lipinski definition) is 2. The number of furan rings is 2. The lowest BCUT2D eigenvalue weighted by Gasteiger charge is -2.11. The Morgan fingerprint density at radius 1 is 0.600 bits per heavy atom. The number of para-hydroxylation sites is 1. The van der Waals surface area contributed by atoms with Gasteiger partial charge >= 0.3 is 0 Å². The van der Waals surface area contributed by atoms with Crippen LogP contribution < -0.4 is 0 Å². The zero-order valence-electron chi connectivity index (χ0n) is 21.9. The zero-order chi connectivity index (χ0) is 26.5. The highest BCUT2D eigenvalue weighted by molar-refractivity contribution is 6.37. The average Bonchev–Trinajstić information content (AvgIpc) is 3.65. The van der Waals surface area contributed by atoms with Crippen molar-refractivity contribution >= 4 is 88.5 Å². The van der Waals surface area contributed by atoms with Crippen molar-refractivity contribution in [3.63, 3.8) is 0 Å². The smallest absolute Gasteiger partial charge is 0.137 e. The first kappa shape index (κ1) is 21.6. The third kappa shape index (κ3) is 2.59. The summed E-state index contributed by atoms with van der Waals surface area (Å²) in [6, 6.07) is 32.0. The van der Waals surface area contributed by atoms with E-state index >= 15 is 0 Å². The van der Waals surface area contributed by atoms with Gasteiger partial charge in [0.1, 0.15) is 22.3 Å². The van der Waals surface area contributed by atoms with Crippen LogP contribution in [0.25, 0.3) is 94.2 Å². The molecule has 9 aromatic rings. The number of aromatic nitrogens is 1. The summed E-state index contributed by atoms with van der Waals surface area (Å²) in [5, 5.41) is 10.8. The molecule has 0 fully saturated rings. The van der Waals surface area contributed by atoms with Gasteiger partial charge in [-0.25, -0.2) is 0 Å². The van der Waals surface area contributed by atoms with Crippen LogP contribution in [0, 0.1) is 0 Å². The molecule has 0 amide bonds. The van der Waals surface area contributed by atoms with Gasteiger partial charge in [-0.1, -0.05) is 67.3 Å². The van der Waals surface area contributed by atoms with E-state index in [1.807, 2.05) is 18.2 Å². The van der Waals surface area contributed by atoms with Crippen LogP contribution in [-0.4, -0.2) is 4.57 Å². The van der Waals surface area contributed by atoms with E-state index in [1.54, 1.807) is 0 Å². The standard InChI is InChI=1S/C37H23NO2/c1-3-9-26-28(4-2)38(21-16-17-23-22-10-5-6-13-30(22)39-33(23)20-21)29-19-18-25-24-11-7-14-31-36(24)37-27(34(25)35(26)29)12-8-15-32(37)40-31/h3-20H,2H2,1H3/b9-3-. The van der Waals surface area contributed by atoms with Gasteiger partial charge in [0.2, 0.25) is 0 Å². The fraction of sp³-hybridized carbons (Fsp3) is 0.0270. The largest absolute Gasteiger partial charge is 0.456 e. The Morgan fingerprint density at radius 3 is 2.08 bits per heavy atom. The predicted octanol–water partition coefficient (Wildman–Crippen LogP) is 10.8. The Kier molecular flexibility index (Phi) is 4.13. The van der Waals surface area contributed by atoms with E-state index in [9.17, 15) is 0 Å². The van der Waals surface area contributed by atoms with Crippen LogP contribution in [0.4, 0.5) is 0 Å². The fourth-order valence-corrected chi connectivity index (χ4v) is 6.90. The SMILES string of the molecule is C=Cc1c(/C=C\C)c2c3c(ccc2n1-c1ccc2c(c1)oc1ccccc12)c1cccc2oc4cccc3c4c21. The van der Waals surface area contributed by atoms with Gasteiger partial charge in [-0.15, -0.1) is 0 Å². The summed E-state index contributed by atoms with van der Waals surface area (Å²) in [5.74, 6) is 0. The van der Waals surface area contributed by atoms with Crippen LogP contribution in [0.3, 0.4) is 0 Å². The molecule has 0 aliphatic rings. The number of fused-ring (bicyclic) bond motifs is 8. The maximum atomic E-state index is 6.31. The summed E-state index contributed by atoms with van der Waals surface area (Å²) in [6.45, 7) is 6.34. The van der Waals surface area contributed by atoms with Crippen molar-refractivity contribution < 1.29 is 8.83 Å². The van der Waals surface area contributed by atoms with E-state index in [4.69, 9.17) is 8.83 Å². The van der Waals surface area contributed by atoms with Gasteiger partial charge in [0.15, 0.2) is 0 Å². The van der Waals surface area contributed by atoms with E-state index in [1.165, 1.54) is 37.7 Å². The maximum absolute atomic E-state index is 6.31. The quantitative estimate of drug-likeness (QED) is 0.220. The molecule has 6 aromatic carbocycles. The highest BCUT2D eigenvalue weighted by atomic mass is 16.3. The molecule has 0 spiro atoms. The summed E-state index contributed by atoms with van der Waals surface area (Å²) in [7, 11) is 0. The first-order valence-electron chi connectivity index (χ1n) is 13.6. The lowest BCUT2D eigenvalue weighted by Crippen LogP contribution is -1.96. The second kappa shape index (κ2) is 7.64. The van der Waals surface area contributed by atoms with Gasteiger partial charge in [-0.3, -0.25) is 0 Å². The molecule has 0 saturated heterocycles. The molecule has 0 N–H and O–H groups in total. The lowest BCUT2D eigenvalue weighted by molar-refractivity contribution is 0.668. The van der Waals surface area contributed by atoms with Crippen LogP contribution in [0.1, 0.15) is 18.2 Å². The first-order valence-corrected chi connectivity index (χ1v) is 13.6. The summed E-state index contributed by atoms with van der Waals surface area (Å²) < 4.78 is 14.9. The third-order valence-electron chi connectivity index (χ3n) is 8.44. The number of nitrogens with zero attached hydrogens (tertiary/aromatic N) is 1. The molecule has 3 heteroatoms. The van der Waals surface area contributed by atoms with E-state index in [0.29, 0.717) is 0 Å². The molecule has 3 aromatic heterocycles. The Bertz CT molecular complexity index is 2510. The number of benzene rings is 6. The normalized spacial score (nSPS) is 12.6. The molecule has 0 saturated carbocycles. The van der Waals surface area contributed by atoms with Gasteiger partial charge in [-0.2, -0.15) is 0 Å². The molecule has 0 radical (unpaired) electrons. The van der Waals surface area contributed by atoms with Crippen molar-refractivity contribution in [3.8, 4) is 5.69 Å². The molecule has 0 aliphatic carbocycles. The Labute approximate surface area is 229 Å². The minimum atomic E-state index is 0.876. The minimum absolute atomic E-state index is 0.876. The second-order valence-electron chi connectivity index (χ2n) is 10.5. The Morgan fingerprint density at radius 2 is 1.25 bits per heavy atom. The van der Waals surface area contributed by atoms with Crippen molar-refractivity contribution in [2.75, 3.05) is 0 Å². The van der Waals surface area contributed by atoms with Crippen molar-refractivity contribution in [3.05, 3.63) is 115 Å². The number of rotatable bonds is 3. The molecule has 0 aliphatic heterocycles. The van der Waals surface area contributed by atoms with E-state index in [-0.39, 0.29) is 0 Å². The van der Waals surface area contributed by atoms with Crippen molar-refractivity contribution in [1.29, 1.82) is 0 Å². The Balaban J connectivity index is 1.48. The van der Waals surface area contributed by atoms with E-state index in [2.05, 4.69) is 109 Å². The summed E-state index contributed by atoms with van der Waals surface area (Å²) >= 11 is 0. The number of hydrogen-bond donors (Lipinski definition) is 0. The van der Waals surface area contributed by atoms with Crippen molar-refractivity contribution in [2.24, 2.45) is 0 Å². The highest BCUT2D eigenvalue weighted by Crippen LogP contribution is 2.47. The second-order valence-corrected chi connectivity index (χ2v) is 10.5. The van der Waals surface area contributed by atoms with Gasteiger partial charge < -0.3 is 13.4 Å². The molecule has 188 valence electrons. The van der Waals surface area contributed by atoms with Crippen LogP contribution in [0.5, 0.6) is 0 Å². The van der Waals surface area contributed by atoms with Crippen LogP contribution >= 0.6 is 0 Å². The third-order valence-corrected chi connectivity index (χ3v) is 8.44. The minimum Gasteiger partial charge on any atom is -0.456 e. The lowest BCUT2D eigenvalue weighted by atomic mass is 9.91. The monoisotopic (exact) mass is 513 g/mol. The maximum Gasteiger partial charge on any atom is 0.137 e. The summed E-state index contributed by atoms with van der Waals surface area (Å²) in [5.41, 5.74) is 8.02. The molecule has 9 rings (SSSR count). The molecular formula is C37H23NO2. The first-order chi connectivity index (χ1) is 19.8. The van der Waals surface area contributed by atoms with Crippen LogP contribution in [-0.2, 0) is 0 Å². The highest BCUT2D eigenvalue weighted by Gasteiger charge is 2.23. The van der Waals surface area contributed by atoms with Crippen molar-refractivity contribution in [2.45, 2.75) is 6.92 Å². The van der Waals surface area contributed by atoms with Gasteiger partial charge in [0.05, 0.1) is 11.2 Å². The Hall–Kier alpha value is -5.28. The summed E-state index contributed by atoms with van der Waals surface area (Å²) in [4.78, 5) is 0. The summed E-state index contributed by atoms with van der Waals surface area (Å²) in [6.07, 6.45) is 6.29. The van der Waals surface area contributed by atoms with E-state index < -0.39 is 0 Å². The number of allylic oxidation sites excluding steroid dienone is 1. The van der Waals surface area contributed by atoms with Gasteiger partial charge in [0, 0.05) is 49.6 Å². The zero-order valence-corrected chi connectivity index (χ0v) is 21.9. The van der Waals surface area contributed by atoms with Gasteiger partial charge in [0.25, 0.3) is 0 Å². The molecule has 0 atom stereocenters. The fourth-order valence-electron chi connectivity index (χ4n) is 6.90. The predicted molar refractivity (Wildman–Crippen MR) is 169 cm³/mol.